The number of aromatic nitrogens is 1. The van der Waals surface area contributed by atoms with E-state index >= 15 is 0 Å². The molecule has 0 saturated heterocycles. The van der Waals surface area contributed by atoms with Crippen LogP contribution < -0.4 is 0 Å². The third-order valence-electron chi connectivity index (χ3n) is 2.62. The van der Waals surface area contributed by atoms with Crippen molar-refractivity contribution in [2.75, 3.05) is 7.11 Å². The van der Waals surface area contributed by atoms with E-state index in [4.69, 9.17) is 23.2 Å². The van der Waals surface area contributed by atoms with Gasteiger partial charge in [-0.15, -0.1) is 0 Å². The smallest absolute Gasteiger partial charge is 0.321 e. The summed E-state index contributed by atoms with van der Waals surface area (Å²) >= 11 is 15.4. The highest BCUT2D eigenvalue weighted by Gasteiger charge is 2.17. The van der Waals surface area contributed by atoms with Crippen LogP contribution in [0.1, 0.15) is 0 Å². The molecule has 1 aromatic heterocycles. The summed E-state index contributed by atoms with van der Waals surface area (Å²) in [5.74, 6) is -0.315. The maximum absolute atomic E-state index is 11.4. The van der Waals surface area contributed by atoms with Gasteiger partial charge < -0.3 is 9.30 Å². The molecule has 3 nitrogen and oxygen atoms in total. The number of carbonyl (C=O) groups excluding carboxylic acids is 1. The van der Waals surface area contributed by atoms with Crippen LogP contribution in [0.15, 0.2) is 24.4 Å². The van der Waals surface area contributed by atoms with E-state index < -0.39 is 4.83 Å². The minimum absolute atomic E-state index is 0.315. The molecule has 1 aromatic carbocycles. The first-order valence-electron chi connectivity index (χ1n) is 5.18. The molecule has 0 aliphatic heterocycles. The largest absolute Gasteiger partial charge is 0.468 e. The average molecular weight is 351 g/mol. The van der Waals surface area contributed by atoms with Gasteiger partial charge in [0, 0.05) is 23.2 Å². The van der Waals surface area contributed by atoms with Crippen molar-refractivity contribution in [3.63, 3.8) is 0 Å². The van der Waals surface area contributed by atoms with E-state index in [0.29, 0.717) is 16.6 Å². The summed E-state index contributed by atoms with van der Waals surface area (Å²) in [6, 6.07) is 5.41. The fourth-order valence-electron chi connectivity index (χ4n) is 1.75. The Morgan fingerprint density at radius 3 is 2.89 bits per heavy atom. The Kier molecular flexibility index (Phi) is 4.20. The lowest BCUT2D eigenvalue weighted by Crippen LogP contribution is -2.21. The zero-order valence-electron chi connectivity index (χ0n) is 9.49. The first-order chi connectivity index (χ1) is 8.52. The van der Waals surface area contributed by atoms with Crippen molar-refractivity contribution in [2.45, 2.75) is 11.4 Å². The minimum Gasteiger partial charge on any atom is -0.468 e. The lowest BCUT2D eigenvalue weighted by molar-refractivity contribution is -0.140. The number of benzene rings is 1. The summed E-state index contributed by atoms with van der Waals surface area (Å²) < 4.78 is 6.58. The highest BCUT2D eigenvalue weighted by Crippen LogP contribution is 2.29. The summed E-state index contributed by atoms with van der Waals surface area (Å²) in [4.78, 5) is 11.0. The fraction of sp³-hybridized carbons (Fsp3) is 0.250. The Bertz CT molecular complexity index is 597. The van der Waals surface area contributed by atoms with Gasteiger partial charge in [0.25, 0.3) is 0 Å². The molecule has 18 heavy (non-hydrogen) atoms. The van der Waals surface area contributed by atoms with Crippen LogP contribution in [0.4, 0.5) is 0 Å². The van der Waals surface area contributed by atoms with Gasteiger partial charge in [0.2, 0.25) is 0 Å². The van der Waals surface area contributed by atoms with Crippen LogP contribution in [-0.4, -0.2) is 22.5 Å². The van der Waals surface area contributed by atoms with Gasteiger partial charge in [-0.2, -0.15) is 0 Å². The second kappa shape index (κ2) is 5.51. The van der Waals surface area contributed by atoms with Crippen molar-refractivity contribution in [2.24, 2.45) is 0 Å². The standard InChI is InChI=1S/C12H10BrCl2NO2/c1-18-12(17)9(13)6-16-3-2-8-10(15)4-7(14)5-11(8)16/h2-5,9H,6H2,1H3. The maximum Gasteiger partial charge on any atom is 0.321 e. The molecule has 0 bridgehead atoms. The Labute approximate surface area is 123 Å². The van der Waals surface area contributed by atoms with Crippen molar-refractivity contribution in [3.05, 3.63) is 34.4 Å². The zero-order valence-corrected chi connectivity index (χ0v) is 12.6. The highest BCUT2D eigenvalue weighted by molar-refractivity contribution is 9.10. The van der Waals surface area contributed by atoms with Gasteiger partial charge in [-0.05, 0) is 18.2 Å². The molecule has 0 amide bonds. The molecular weight excluding hydrogens is 341 g/mol. The lowest BCUT2D eigenvalue weighted by Gasteiger charge is -2.10. The van der Waals surface area contributed by atoms with Gasteiger partial charge in [-0.3, -0.25) is 4.79 Å². The van der Waals surface area contributed by atoms with Crippen molar-refractivity contribution < 1.29 is 9.53 Å². The molecule has 0 aliphatic carbocycles. The number of ether oxygens (including phenoxy) is 1. The third-order valence-corrected chi connectivity index (χ3v) is 3.81. The van der Waals surface area contributed by atoms with Gasteiger partial charge >= 0.3 is 5.97 Å². The second-order valence-corrected chi connectivity index (χ2v) is 5.73. The molecule has 0 N–H and O–H groups in total. The van der Waals surface area contributed by atoms with Crippen molar-refractivity contribution in [3.8, 4) is 0 Å². The van der Waals surface area contributed by atoms with Crippen molar-refractivity contribution in [1.29, 1.82) is 0 Å². The molecule has 0 aliphatic rings. The first-order valence-corrected chi connectivity index (χ1v) is 6.86. The predicted molar refractivity (Wildman–Crippen MR) is 76.7 cm³/mol. The molecule has 1 heterocycles. The summed E-state index contributed by atoms with van der Waals surface area (Å²) in [6.07, 6.45) is 1.87. The normalized spacial score (nSPS) is 12.7. The Balaban J connectivity index is 2.38. The quantitative estimate of drug-likeness (QED) is 0.621. The van der Waals surface area contributed by atoms with Crippen LogP contribution in [-0.2, 0) is 16.1 Å². The van der Waals surface area contributed by atoms with Crippen LogP contribution in [0, 0.1) is 0 Å². The molecule has 0 saturated carbocycles. The zero-order chi connectivity index (χ0) is 13.3. The molecular formula is C12H10BrCl2NO2. The summed E-state index contributed by atoms with van der Waals surface area (Å²) in [5.41, 5.74) is 0.890. The van der Waals surface area contributed by atoms with Crippen LogP contribution in [0.5, 0.6) is 0 Å². The number of fused-ring (bicyclic) bond motifs is 1. The van der Waals surface area contributed by atoms with E-state index in [0.717, 1.165) is 10.9 Å². The maximum atomic E-state index is 11.4. The molecule has 1 unspecified atom stereocenters. The summed E-state index contributed by atoms with van der Waals surface area (Å²) in [5, 5.41) is 2.07. The molecule has 0 fully saturated rings. The van der Waals surface area contributed by atoms with Gasteiger partial charge in [-0.25, -0.2) is 0 Å². The molecule has 0 spiro atoms. The van der Waals surface area contributed by atoms with E-state index in [-0.39, 0.29) is 5.97 Å². The van der Waals surface area contributed by atoms with Gasteiger partial charge in [0.05, 0.1) is 17.6 Å². The number of nitrogens with zero attached hydrogens (tertiary/aromatic N) is 1. The second-order valence-electron chi connectivity index (χ2n) is 3.78. The Morgan fingerprint density at radius 2 is 2.22 bits per heavy atom. The number of alkyl halides is 1. The molecule has 96 valence electrons. The molecule has 2 aromatic rings. The van der Waals surface area contributed by atoms with Gasteiger partial charge in [0.1, 0.15) is 4.83 Å². The van der Waals surface area contributed by atoms with Crippen LogP contribution in [0.3, 0.4) is 0 Å². The van der Waals surface area contributed by atoms with Gasteiger partial charge in [-0.1, -0.05) is 39.1 Å². The summed E-state index contributed by atoms with van der Waals surface area (Å²) in [7, 11) is 1.36. The van der Waals surface area contributed by atoms with E-state index in [1.54, 1.807) is 6.07 Å². The monoisotopic (exact) mass is 349 g/mol. The number of hydrogen-bond donors (Lipinski definition) is 0. The predicted octanol–water partition coefficient (Wildman–Crippen LogP) is 3.88. The molecule has 6 heteroatoms. The van der Waals surface area contributed by atoms with E-state index in [1.807, 2.05) is 22.9 Å². The highest BCUT2D eigenvalue weighted by atomic mass is 79.9. The Hall–Kier alpha value is -0.710. The minimum atomic E-state index is -0.407. The number of halogens is 3. The number of methoxy groups -OCH3 is 1. The number of esters is 1. The molecule has 1 atom stereocenters. The van der Waals surface area contributed by atoms with Crippen LogP contribution >= 0.6 is 39.1 Å². The van der Waals surface area contributed by atoms with Crippen molar-refractivity contribution in [1.82, 2.24) is 4.57 Å². The Morgan fingerprint density at radius 1 is 1.50 bits per heavy atom. The van der Waals surface area contributed by atoms with Crippen molar-refractivity contribution >= 4 is 56.0 Å². The lowest BCUT2D eigenvalue weighted by atomic mass is 10.2. The van der Waals surface area contributed by atoms with Crippen LogP contribution in [0.25, 0.3) is 10.9 Å². The number of hydrogen-bond acceptors (Lipinski definition) is 2. The first kappa shape index (κ1) is 13.7. The SMILES string of the molecule is COC(=O)C(Br)Cn1ccc2c(Cl)cc(Cl)cc21. The van der Waals surface area contributed by atoms with E-state index in [2.05, 4.69) is 20.7 Å². The number of rotatable bonds is 3. The fourth-order valence-corrected chi connectivity index (χ4v) is 2.80. The van der Waals surface area contributed by atoms with E-state index in [1.165, 1.54) is 7.11 Å². The molecule has 0 radical (unpaired) electrons. The average Bonchev–Trinajstić information content (AvgIpc) is 2.71. The van der Waals surface area contributed by atoms with Crippen LogP contribution in [0.2, 0.25) is 10.0 Å². The molecule has 2 rings (SSSR count). The number of carbonyl (C=O) groups is 1. The summed E-state index contributed by atoms with van der Waals surface area (Å²) in [6.45, 7) is 0.451. The third kappa shape index (κ3) is 2.66. The van der Waals surface area contributed by atoms with Gasteiger partial charge in [0.15, 0.2) is 0 Å². The topological polar surface area (TPSA) is 31.2 Å². The van der Waals surface area contributed by atoms with E-state index in [9.17, 15) is 4.79 Å².